The van der Waals surface area contributed by atoms with Crippen molar-refractivity contribution in [1.29, 1.82) is 0 Å². The summed E-state index contributed by atoms with van der Waals surface area (Å²) in [6, 6.07) is 7.96. The molecular weight excluding hydrogens is 256 g/mol. The van der Waals surface area contributed by atoms with Gasteiger partial charge in [-0.05, 0) is 18.4 Å². The Morgan fingerprint density at radius 1 is 1.20 bits per heavy atom. The Balaban J connectivity index is 1.88. The Hall–Kier alpha value is -2.30. The molecule has 0 spiro atoms. The minimum atomic E-state index is -1.03. The van der Waals surface area contributed by atoms with Crippen molar-refractivity contribution in [3.05, 3.63) is 48.0 Å². The highest BCUT2D eigenvalue weighted by Crippen LogP contribution is 2.09. The van der Waals surface area contributed by atoms with Gasteiger partial charge in [-0.25, -0.2) is 9.59 Å². The maximum absolute atomic E-state index is 11.8. The molecule has 0 unspecified atom stereocenters. The third-order valence-electron chi connectivity index (χ3n) is 3.23. The lowest BCUT2D eigenvalue weighted by Gasteiger charge is -2.18. The number of urea groups is 1. The molecule has 1 aromatic carbocycles. The number of carboxylic acids is 1. The summed E-state index contributed by atoms with van der Waals surface area (Å²) in [6.45, 7) is 0. The Morgan fingerprint density at radius 3 is 2.45 bits per heavy atom. The van der Waals surface area contributed by atoms with Crippen LogP contribution in [0.5, 0.6) is 0 Å². The quantitative estimate of drug-likeness (QED) is 0.715. The van der Waals surface area contributed by atoms with Crippen molar-refractivity contribution >= 4 is 12.0 Å². The molecule has 20 heavy (non-hydrogen) atoms. The summed E-state index contributed by atoms with van der Waals surface area (Å²) in [7, 11) is 0. The van der Waals surface area contributed by atoms with Gasteiger partial charge >= 0.3 is 12.0 Å². The molecule has 0 aromatic heterocycles. The zero-order valence-electron chi connectivity index (χ0n) is 11.1. The summed E-state index contributed by atoms with van der Waals surface area (Å²) in [5, 5.41) is 14.5. The zero-order valence-corrected chi connectivity index (χ0v) is 11.1. The second-order valence-electron chi connectivity index (χ2n) is 4.84. The average Bonchev–Trinajstić information content (AvgIpc) is 2.92. The van der Waals surface area contributed by atoms with E-state index in [0.29, 0.717) is 0 Å². The molecule has 0 fully saturated rings. The average molecular weight is 274 g/mol. The van der Waals surface area contributed by atoms with Gasteiger partial charge in [0.05, 0.1) is 0 Å². The first-order chi connectivity index (χ1) is 9.65. The van der Waals surface area contributed by atoms with Crippen LogP contribution in [0.25, 0.3) is 0 Å². The van der Waals surface area contributed by atoms with Crippen molar-refractivity contribution in [2.75, 3.05) is 0 Å². The monoisotopic (exact) mass is 274 g/mol. The van der Waals surface area contributed by atoms with Crippen LogP contribution in [0, 0.1) is 0 Å². The van der Waals surface area contributed by atoms with Gasteiger partial charge in [-0.15, -0.1) is 0 Å². The molecule has 0 aliphatic heterocycles. The van der Waals surface area contributed by atoms with Gasteiger partial charge in [0.25, 0.3) is 0 Å². The van der Waals surface area contributed by atoms with Crippen LogP contribution in [0.2, 0.25) is 0 Å². The first-order valence-corrected chi connectivity index (χ1v) is 6.64. The van der Waals surface area contributed by atoms with E-state index in [2.05, 4.69) is 10.6 Å². The van der Waals surface area contributed by atoms with Gasteiger partial charge in [0, 0.05) is 12.5 Å². The van der Waals surface area contributed by atoms with Crippen molar-refractivity contribution < 1.29 is 14.7 Å². The van der Waals surface area contributed by atoms with Gasteiger partial charge in [-0.2, -0.15) is 0 Å². The standard InChI is InChI=1S/C15H18N2O3/c18-14(19)13(10-11-6-2-1-3-7-11)17-15(20)16-12-8-4-5-9-12/h1-7,12-13H,8-10H2,(H,18,19)(H2,16,17,20)/t13-/m0/s1. The van der Waals surface area contributed by atoms with Crippen LogP contribution < -0.4 is 10.6 Å². The second kappa shape index (κ2) is 6.75. The van der Waals surface area contributed by atoms with Crippen LogP contribution in [0.4, 0.5) is 4.79 Å². The molecule has 3 N–H and O–H groups in total. The highest BCUT2D eigenvalue weighted by molar-refractivity contribution is 5.82. The van der Waals surface area contributed by atoms with E-state index < -0.39 is 18.0 Å². The van der Waals surface area contributed by atoms with Crippen LogP contribution in [0.1, 0.15) is 18.4 Å². The first kappa shape index (κ1) is 14.1. The minimum absolute atomic E-state index is 0.0705. The lowest BCUT2D eigenvalue weighted by Crippen LogP contribution is -2.49. The summed E-state index contributed by atoms with van der Waals surface area (Å²) >= 11 is 0. The summed E-state index contributed by atoms with van der Waals surface area (Å²) in [5.74, 6) is -1.03. The largest absolute Gasteiger partial charge is 0.480 e. The van der Waals surface area contributed by atoms with E-state index in [1.165, 1.54) is 0 Å². The molecule has 1 aromatic rings. The van der Waals surface area contributed by atoms with Crippen molar-refractivity contribution in [2.45, 2.75) is 31.3 Å². The molecule has 0 radical (unpaired) electrons. The second-order valence-corrected chi connectivity index (χ2v) is 4.84. The van der Waals surface area contributed by atoms with E-state index in [9.17, 15) is 14.7 Å². The topological polar surface area (TPSA) is 78.4 Å². The number of hydrogen-bond donors (Lipinski definition) is 3. The van der Waals surface area contributed by atoms with Gasteiger partial charge < -0.3 is 15.7 Å². The number of rotatable bonds is 5. The minimum Gasteiger partial charge on any atom is -0.480 e. The predicted octanol–water partition coefficient (Wildman–Crippen LogP) is 1.70. The fourth-order valence-electron chi connectivity index (χ4n) is 2.17. The summed E-state index contributed by atoms with van der Waals surface area (Å²) < 4.78 is 0. The summed E-state index contributed by atoms with van der Waals surface area (Å²) in [4.78, 5) is 23.0. The molecule has 0 saturated carbocycles. The molecule has 106 valence electrons. The molecule has 2 amide bonds. The Labute approximate surface area is 117 Å². The number of carbonyl (C=O) groups is 2. The van der Waals surface area contributed by atoms with Crippen molar-refractivity contribution in [3.63, 3.8) is 0 Å². The predicted molar refractivity (Wildman–Crippen MR) is 75.4 cm³/mol. The molecule has 5 nitrogen and oxygen atoms in total. The van der Waals surface area contributed by atoms with Crippen LogP contribution in [0.15, 0.2) is 42.5 Å². The smallest absolute Gasteiger partial charge is 0.326 e. The molecule has 2 rings (SSSR count). The van der Waals surface area contributed by atoms with Crippen molar-refractivity contribution in [2.24, 2.45) is 0 Å². The molecule has 1 atom stereocenters. The van der Waals surface area contributed by atoms with E-state index in [1.807, 2.05) is 42.5 Å². The number of aliphatic carboxylic acids is 1. The zero-order chi connectivity index (χ0) is 14.4. The number of hydrogen-bond acceptors (Lipinski definition) is 2. The number of carboxylic acid groups (broad SMARTS) is 1. The Bertz CT molecular complexity index is 491. The van der Waals surface area contributed by atoms with E-state index in [1.54, 1.807) is 0 Å². The highest BCUT2D eigenvalue weighted by atomic mass is 16.4. The normalized spacial score (nSPS) is 15.8. The van der Waals surface area contributed by atoms with Gasteiger partial charge in [-0.1, -0.05) is 42.5 Å². The number of amides is 2. The van der Waals surface area contributed by atoms with Gasteiger partial charge in [0.15, 0.2) is 0 Å². The highest BCUT2D eigenvalue weighted by Gasteiger charge is 2.22. The van der Waals surface area contributed by atoms with Crippen LogP contribution in [-0.2, 0) is 11.2 Å². The molecule has 0 bridgehead atoms. The van der Waals surface area contributed by atoms with Crippen LogP contribution in [0.3, 0.4) is 0 Å². The van der Waals surface area contributed by atoms with E-state index in [0.717, 1.165) is 18.4 Å². The molecule has 0 saturated heterocycles. The van der Waals surface area contributed by atoms with Gasteiger partial charge in [0.1, 0.15) is 6.04 Å². The number of carbonyl (C=O) groups excluding carboxylic acids is 1. The Kier molecular flexibility index (Phi) is 4.76. The summed E-state index contributed by atoms with van der Waals surface area (Å²) in [6.07, 6.45) is 5.87. The third kappa shape index (κ3) is 4.12. The van der Waals surface area contributed by atoms with Crippen LogP contribution >= 0.6 is 0 Å². The molecule has 1 aliphatic rings. The number of nitrogens with one attached hydrogen (secondary N) is 2. The SMILES string of the molecule is O=C(NC1CC=CC1)N[C@@H](Cc1ccccc1)C(=O)O. The van der Waals surface area contributed by atoms with Crippen LogP contribution in [-0.4, -0.2) is 29.2 Å². The van der Waals surface area contributed by atoms with E-state index >= 15 is 0 Å². The van der Waals surface area contributed by atoms with Gasteiger partial charge in [0.2, 0.25) is 0 Å². The lowest BCUT2D eigenvalue weighted by molar-refractivity contribution is -0.139. The lowest BCUT2D eigenvalue weighted by atomic mass is 10.1. The molecule has 0 heterocycles. The fraction of sp³-hybridized carbons (Fsp3) is 0.333. The molecule has 1 aliphatic carbocycles. The van der Waals surface area contributed by atoms with Gasteiger partial charge in [-0.3, -0.25) is 0 Å². The van der Waals surface area contributed by atoms with Crippen molar-refractivity contribution in [3.8, 4) is 0 Å². The Morgan fingerprint density at radius 2 is 1.85 bits per heavy atom. The van der Waals surface area contributed by atoms with E-state index in [4.69, 9.17) is 0 Å². The number of benzene rings is 1. The third-order valence-corrected chi connectivity index (χ3v) is 3.23. The maximum atomic E-state index is 11.8. The first-order valence-electron chi connectivity index (χ1n) is 6.64. The maximum Gasteiger partial charge on any atom is 0.326 e. The summed E-state index contributed by atoms with van der Waals surface area (Å²) in [5.41, 5.74) is 0.878. The fourth-order valence-corrected chi connectivity index (χ4v) is 2.17. The van der Waals surface area contributed by atoms with Crippen molar-refractivity contribution in [1.82, 2.24) is 10.6 Å². The van der Waals surface area contributed by atoms with E-state index in [-0.39, 0.29) is 12.5 Å². The molecule has 5 heteroatoms. The molecular formula is C15H18N2O3.